The third kappa shape index (κ3) is 6.81. The van der Waals surface area contributed by atoms with E-state index < -0.39 is 10.0 Å². The molecular weight excluding hydrogens is 510 g/mol. The van der Waals surface area contributed by atoms with Crippen molar-refractivity contribution in [3.63, 3.8) is 0 Å². The van der Waals surface area contributed by atoms with E-state index in [1.54, 1.807) is 30.5 Å². The molecule has 0 radical (unpaired) electrons. The van der Waals surface area contributed by atoms with Gasteiger partial charge in [-0.25, -0.2) is 22.9 Å². The Bertz CT molecular complexity index is 1200. The van der Waals surface area contributed by atoms with Crippen molar-refractivity contribution in [3.05, 3.63) is 29.4 Å². The van der Waals surface area contributed by atoms with Crippen molar-refractivity contribution < 1.29 is 17.9 Å². The molecule has 2 fully saturated rings. The molecule has 0 bridgehead atoms. The molecule has 1 aromatic heterocycles. The van der Waals surface area contributed by atoms with E-state index in [1.807, 2.05) is 26.0 Å². The van der Waals surface area contributed by atoms with Crippen molar-refractivity contribution in [1.29, 1.82) is 0 Å². The minimum Gasteiger partial charge on any atom is -0.447 e. The Labute approximate surface area is 224 Å². The van der Waals surface area contributed by atoms with Crippen LogP contribution in [-0.2, 0) is 14.8 Å². The number of likely N-dealkylation sites (tertiary alicyclic amines) is 1. The summed E-state index contributed by atoms with van der Waals surface area (Å²) in [6.07, 6.45) is 4.85. The minimum atomic E-state index is -3.68. The number of aromatic nitrogens is 1. The van der Waals surface area contributed by atoms with Gasteiger partial charge in [0.2, 0.25) is 10.0 Å². The van der Waals surface area contributed by atoms with Crippen LogP contribution in [0.15, 0.2) is 29.3 Å². The number of ether oxygens (including phenoxy) is 1. The Morgan fingerprint density at radius 1 is 1.24 bits per heavy atom. The summed E-state index contributed by atoms with van der Waals surface area (Å²) in [5, 5.41) is 7.49. The lowest BCUT2D eigenvalue weighted by molar-refractivity contribution is 0.109. The number of sulfonamides is 1. The van der Waals surface area contributed by atoms with Crippen LogP contribution in [0.4, 0.5) is 10.5 Å². The molecule has 11 heteroatoms. The molecule has 1 aliphatic heterocycles. The van der Waals surface area contributed by atoms with Crippen LogP contribution in [-0.4, -0.2) is 68.8 Å². The number of carbonyl (C=O) groups excluding carboxylic acids is 1. The summed E-state index contributed by atoms with van der Waals surface area (Å²) >= 11 is 1.56. The fourth-order valence-corrected chi connectivity index (χ4v) is 7.84. The standard InChI is InChI=1S/C26H39N5O4S2/c1-6-28-37(33,34)23-13-20(30-26(4)15-31(5)16-26)11-12-21(23)22-14-27-24(36-22)18-7-9-19(10-8-18)29-25(32)35-17(2)3/h11-14,17-19,28,30H,6-10,15-16H2,1-5H3,(H,29,32). The number of likely N-dealkylation sites (N-methyl/N-ethyl adjacent to an activating group) is 1. The van der Waals surface area contributed by atoms with Crippen LogP contribution >= 0.6 is 11.3 Å². The zero-order chi connectivity index (χ0) is 26.8. The lowest BCUT2D eigenvalue weighted by atomic mass is 9.86. The van der Waals surface area contributed by atoms with Crippen LogP contribution in [0.3, 0.4) is 0 Å². The van der Waals surface area contributed by atoms with Gasteiger partial charge < -0.3 is 20.3 Å². The smallest absolute Gasteiger partial charge is 0.407 e. The highest BCUT2D eigenvalue weighted by atomic mass is 32.2. The molecule has 0 spiro atoms. The second-order valence-corrected chi connectivity index (χ2v) is 13.6. The molecule has 3 N–H and O–H groups in total. The van der Waals surface area contributed by atoms with Gasteiger partial charge in [0, 0.05) is 49.0 Å². The predicted molar refractivity (Wildman–Crippen MR) is 148 cm³/mol. The number of alkyl carbamates (subject to hydrolysis) is 1. The van der Waals surface area contributed by atoms with Crippen molar-refractivity contribution in [2.24, 2.45) is 0 Å². The quantitative estimate of drug-likeness (QED) is 0.425. The Morgan fingerprint density at radius 2 is 1.95 bits per heavy atom. The van der Waals surface area contributed by atoms with Crippen molar-refractivity contribution in [1.82, 2.24) is 19.9 Å². The summed E-state index contributed by atoms with van der Waals surface area (Å²) in [6.45, 7) is 9.72. The number of amides is 1. The van der Waals surface area contributed by atoms with Gasteiger partial charge in [-0.15, -0.1) is 11.3 Å². The lowest BCUT2D eigenvalue weighted by Crippen LogP contribution is -2.62. The summed E-state index contributed by atoms with van der Waals surface area (Å²) in [7, 11) is -1.62. The van der Waals surface area contributed by atoms with Gasteiger partial charge in [0.15, 0.2) is 0 Å². The summed E-state index contributed by atoms with van der Waals surface area (Å²) in [5.41, 5.74) is 1.38. The van der Waals surface area contributed by atoms with Gasteiger partial charge in [-0.3, -0.25) is 0 Å². The number of anilines is 1. The van der Waals surface area contributed by atoms with E-state index in [0.717, 1.165) is 54.3 Å². The molecule has 204 valence electrons. The molecule has 9 nitrogen and oxygen atoms in total. The molecule has 2 aliphatic rings. The summed E-state index contributed by atoms with van der Waals surface area (Å²) in [6, 6.07) is 5.69. The summed E-state index contributed by atoms with van der Waals surface area (Å²) in [5.74, 6) is 0.295. The van der Waals surface area contributed by atoms with Gasteiger partial charge in [0.1, 0.15) is 0 Å². The molecule has 2 heterocycles. The molecule has 0 atom stereocenters. The maximum atomic E-state index is 13.2. The minimum absolute atomic E-state index is 0.0770. The van der Waals surface area contributed by atoms with E-state index in [0.29, 0.717) is 18.0 Å². The van der Waals surface area contributed by atoms with Crippen LogP contribution in [0.25, 0.3) is 10.4 Å². The number of nitrogens with zero attached hydrogens (tertiary/aromatic N) is 2. The molecule has 1 aromatic carbocycles. The number of nitrogens with one attached hydrogen (secondary N) is 3. The van der Waals surface area contributed by atoms with E-state index in [-0.39, 0.29) is 28.7 Å². The first kappa shape index (κ1) is 27.8. The number of hydrogen-bond donors (Lipinski definition) is 3. The SMILES string of the molecule is CCNS(=O)(=O)c1cc(NC2(C)CN(C)C2)ccc1-c1cnc(C2CCC(NC(=O)OC(C)C)CC2)s1. The largest absolute Gasteiger partial charge is 0.447 e. The lowest BCUT2D eigenvalue weighted by Gasteiger charge is -2.47. The molecule has 1 saturated heterocycles. The van der Waals surface area contributed by atoms with Crippen LogP contribution in [0.2, 0.25) is 0 Å². The van der Waals surface area contributed by atoms with Gasteiger partial charge in [0.25, 0.3) is 0 Å². The summed E-state index contributed by atoms with van der Waals surface area (Å²) in [4.78, 5) is 19.9. The molecule has 2 aromatic rings. The maximum Gasteiger partial charge on any atom is 0.407 e. The monoisotopic (exact) mass is 549 g/mol. The molecular formula is C26H39N5O4S2. The number of hydrogen-bond acceptors (Lipinski definition) is 8. The Morgan fingerprint density at radius 3 is 2.57 bits per heavy atom. The zero-order valence-corrected chi connectivity index (χ0v) is 24.0. The number of thiazole rings is 1. The topological polar surface area (TPSA) is 113 Å². The zero-order valence-electron chi connectivity index (χ0n) is 22.3. The molecule has 37 heavy (non-hydrogen) atoms. The summed E-state index contributed by atoms with van der Waals surface area (Å²) < 4.78 is 34.2. The van der Waals surface area contributed by atoms with Crippen LogP contribution in [0, 0.1) is 0 Å². The van der Waals surface area contributed by atoms with Crippen molar-refractivity contribution in [2.75, 3.05) is 32.0 Å². The van der Waals surface area contributed by atoms with Crippen molar-refractivity contribution in [3.8, 4) is 10.4 Å². The highest BCUT2D eigenvalue weighted by molar-refractivity contribution is 7.89. The van der Waals surface area contributed by atoms with Gasteiger partial charge in [-0.05, 0) is 65.6 Å². The average Bonchev–Trinajstić information content (AvgIpc) is 3.28. The third-order valence-electron chi connectivity index (χ3n) is 6.82. The van der Waals surface area contributed by atoms with E-state index in [4.69, 9.17) is 9.72 Å². The number of carbonyl (C=O) groups is 1. The first-order chi connectivity index (χ1) is 17.5. The van der Waals surface area contributed by atoms with Crippen LogP contribution in [0.1, 0.15) is 64.3 Å². The maximum absolute atomic E-state index is 13.2. The molecule has 0 unspecified atom stereocenters. The van der Waals surface area contributed by atoms with E-state index in [1.165, 1.54) is 0 Å². The van der Waals surface area contributed by atoms with Crippen molar-refractivity contribution >= 4 is 33.1 Å². The molecule has 1 saturated carbocycles. The number of rotatable bonds is 9. The second-order valence-electron chi connectivity index (χ2n) is 10.8. The van der Waals surface area contributed by atoms with E-state index in [9.17, 15) is 13.2 Å². The Kier molecular flexibility index (Phi) is 8.47. The molecule has 1 amide bonds. The normalized spacial score (nSPS) is 21.9. The van der Waals surface area contributed by atoms with Gasteiger partial charge in [0.05, 0.1) is 26.4 Å². The van der Waals surface area contributed by atoms with Crippen LogP contribution < -0.4 is 15.4 Å². The first-order valence-electron chi connectivity index (χ1n) is 13.0. The second kappa shape index (κ2) is 11.3. The Hall–Kier alpha value is -2.21. The third-order valence-corrected chi connectivity index (χ3v) is 9.60. The van der Waals surface area contributed by atoms with E-state index >= 15 is 0 Å². The average molecular weight is 550 g/mol. The van der Waals surface area contributed by atoms with Gasteiger partial charge in [-0.1, -0.05) is 13.0 Å². The highest BCUT2D eigenvalue weighted by Gasteiger charge is 2.36. The van der Waals surface area contributed by atoms with Gasteiger partial charge >= 0.3 is 6.09 Å². The van der Waals surface area contributed by atoms with E-state index in [2.05, 4.69) is 34.2 Å². The fraction of sp³-hybridized carbons (Fsp3) is 0.615. The van der Waals surface area contributed by atoms with Crippen molar-refractivity contribution in [2.45, 2.75) is 81.9 Å². The van der Waals surface area contributed by atoms with Crippen LogP contribution in [0.5, 0.6) is 0 Å². The predicted octanol–water partition coefficient (Wildman–Crippen LogP) is 4.39. The molecule has 4 rings (SSSR count). The highest BCUT2D eigenvalue weighted by Crippen LogP contribution is 2.40. The first-order valence-corrected chi connectivity index (χ1v) is 15.3. The fourth-order valence-electron chi connectivity index (χ4n) is 5.37. The Balaban J connectivity index is 1.50. The number of benzene rings is 1. The molecule has 1 aliphatic carbocycles. The van der Waals surface area contributed by atoms with Gasteiger partial charge in [-0.2, -0.15) is 0 Å².